The largest absolute Gasteiger partial charge is 0.487 e. The van der Waals surface area contributed by atoms with Crippen LogP contribution in [0.25, 0.3) is 0 Å². The van der Waals surface area contributed by atoms with Gasteiger partial charge in [-0.1, -0.05) is 44.5 Å². The van der Waals surface area contributed by atoms with E-state index in [1.807, 2.05) is 19.1 Å². The lowest BCUT2D eigenvalue weighted by Gasteiger charge is -2.14. The third-order valence-corrected chi connectivity index (χ3v) is 5.56. The van der Waals surface area contributed by atoms with Crippen LogP contribution in [0.15, 0.2) is 53.3 Å². The number of anilines is 2. The van der Waals surface area contributed by atoms with E-state index >= 15 is 0 Å². The Morgan fingerprint density at radius 1 is 1.10 bits per heavy atom. The van der Waals surface area contributed by atoms with Crippen molar-refractivity contribution in [3.8, 4) is 5.75 Å². The summed E-state index contributed by atoms with van der Waals surface area (Å²) >= 11 is 7.52. The smallest absolute Gasteiger partial charge is 0.281 e. The second kappa shape index (κ2) is 10.5. The van der Waals surface area contributed by atoms with Gasteiger partial charge >= 0.3 is 0 Å². The van der Waals surface area contributed by atoms with Crippen LogP contribution in [0, 0.1) is 0 Å². The van der Waals surface area contributed by atoms with Crippen molar-refractivity contribution in [3.63, 3.8) is 0 Å². The highest BCUT2D eigenvalue weighted by molar-refractivity contribution is 7.98. The van der Waals surface area contributed by atoms with Crippen molar-refractivity contribution >= 4 is 35.0 Å². The summed E-state index contributed by atoms with van der Waals surface area (Å²) < 4.78 is 7.27. The lowest BCUT2D eigenvalue weighted by atomic mass is 10.0. The maximum absolute atomic E-state index is 13.0. The minimum atomic E-state index is -0.221. The van der Waals surface area contributed by atoms with Crippen molar-refractivity contribution in [1.82, 2.24) is 14.8 Å². The zero-order valence-corrected chi connectivity index (χ0v) is 18.8. The summed E-state index contributed by atoms with van der Waals surface area (Å²) in [6.45, 7) is 6.39. The molecule has 8 heteroatoms. The molecule has 158 valence electrons. The summed E-state index contributed by atoms with van der Waals surface area (Å²) in [5, 5.41) is 12.2. The minimum absolute atomic E-state index is 0.0353. The maximum Gasteiger partial charge on any atom is 0.281 e. The van der Waals surface area contributed by atoms with Gasteiger partial charge in [0.1, 0.15) is 12.4 Å². The fourth-order valence-electron chi connectivity index (χ4n) is 2.70. The molecule has 0 atom stereocenters. The molecule has 0 aliphatic carbocycles. The van der Waals surface area contributed by atoms with Crippen LogP contribution in [0.4, 0.5) is 11.6 Å². The molecule has 0 bridgehead atoms. The average molecular weight is 445 g/mol. The van der Waals surface area contributed by atoms with Crippen molar-refractivity contribution in [2.75, 3.05) is 11.1 Å². The van der Waals surface area contributed by atoms with Gasteiger partial charge in [0.15, 0.2) is 5.69 Å². The zero-order valence-electron chi connectivity index (χ0n) is 17.3. The van der Waals surface area contributed by atoms with Crippen molar-refractivity contribution in [1.29, 1.82) is 0 Å². The molecule has 0 aliphatic heterocycles. The van der Waals surface area contributed by atoms with E-state index in [0.29, 0.717) is 28.5 Å². The number of nitrogens with one attached hydrogen (secondary N) is 1. The predicted molar refractivity (Wildman–Crippen MR) is 124 cm³/mol. The fraction of sp³-hybridized carbons (Fsp3) is 0.318. The van der Waals surface area contributed by atoms with Crippen molar-refractivity contribution in [3.05, 3.63) is 75.2 Å². The molecule has 6 nitrogen and oxygen atoms in total. The molecule has 0 fully saturated rings. The number of nitrogens with zero attached hydrogens (tertiary/aromatic N) is 3. The summed E-state index contributed by atoms with van der Waals surface area (Å²) in [5.41, 5.74) is 2.14. The number of rotatable bonds is 9. The molecule has 0 radical (unpaired) electrons. The van der Waals surface area contributed by atoms with Crippen LogP contribution < -0.4 is 15.6 Å². The SMILES string of the molecule is CCSCn1c(Nc2ccc(C(C)C)cc2)nnc(COc2ccc(Cl)cc2)c1=O. The molecule has 1 N–H and O–H groups in total. The highest BCUT2D eigenvalue weighted by Crippen LogP contribution is 2.20. The van der Waals surface area contributed by atoms with Crippen molar-refractivity contribution < 1.29 is 4.74 Å². The summed E-state index contributed by atoms with van der Waals surface area (Å²) in [6, 6.07) is 15.1. The Bertz CT molecular complexity index is 1020. The molecular formula is C22H25ClN4O2S. The molecule has 1 heterocycles. The Labute approximate surface area is 185 Å². The lowest BCUT2D eigenvalue weighted by Crippen LogP contribution is -2.29. The summed E-state index contributed by atoms with van der Waals surface area (Å²) in [6.07, 6.45) is 0. The van der Waals surface area contributed by atoms with E-state index in [0.717, 1.165) is 11.4 Å². The van der Waals surface area contributed by atoms with Gasteiger partial charge in [0.25, 0.3) is 5.56 Å². The second-order valence-electron chi connectivity index (χ2n) is 6.97. The van der Waals surface area contributed by atoms with Gasteiger partial charge in [-0.2, -0.15) is 0 Å². The van der Waals surface area contributed by atoms with Gasteiger partial charge in [0.2, 0.25) is 5.95 Å². The minimum Gasteiger partial charge on any atom is -0.487 e. The molecule has 0 spiro atoms. The fourth-order valence-corrected chi connectivity index (χ4v) is 3.44. The van der Waals surface area contributed by atoms with Crippen LogP contribution >= 0.6 is 23.4 Å². The molecule has 0 saturated carbocycles. The topological polar surface area (TPSA) is 69.0 Å². The van der Waals surface area contributed by atoms with Gasteiger partial charge < -0.3 is 10.1 Å². The first-order valence-corrected chi connectivity index (χ1v) is 11.3. The highest BCUT2D eigenvalue weighted by atomic mass is 35.5. The number of halogens is 1. The average Bonchev–Trinajstić information content (AvgIpc) is 2.74. The number of aromatic nitrogens is 3. The number of hydrogen-bond acceptors (Lipinski definition) is 6. The van der Waals surface area contributed by atoms with Crippen LogP contribution in [0.5, 0.6) is 5.75 Å². The number of hydrogen-bond donors (Lipinski definition) is 1. The van der Waals surface area contributed by atoms with E-state index in [1.165, 1.54) is 5.56 Å². The van der Waals surface area contributed by atoms with Gasteiger partial charge in [0.05, 0.1) is 5.88 Å². The number of benzene rings is 2. The lowest BCUT2D eigenvalue weighted by molar-refractivity contribution is 0.296. The standard InChI is InChI=1S/C22H25ClN4O2S/c1-4-30-14-27-21(28)20(13-29-19-11-7-17(23)8-12-19)25-26-22(27)24-18-9-5-16(6-10-18)15(2)3/h5-12,15H,4,13-14H2,1-3H3,(H,24,26). The maximum atomic E-state index is 13.0. The Morgan fingerprint density at radius 3 is 2.43 bits per heavy atom. The molecule has 0 unspecified atom stereocenters. The van der Waals surface area contributed by atoms with E-state index < -0.39 is 0 Å². The Kier molecular flexibility index (Phi) is 7.76. The van der Waals surface area contributed by atoms with Crippen LogP contribution in [0.2, 0.25) is 5.02 Å². The van der Waals surface area contributed by atoms with Crippen molar-refractivity contribution in [2.24, 2.45) is 0 Å². The molecule has 1 aromatic heterocycles. The first kappa shape index (κ1) is 22.2. The zero-order chi connectivity index (χ0) is 21.5. The molecule has 0 saturated heterocycles. The molecular weight excluding hydrogens is 420 g/mol. The van der Waals surface area contributed by atoms with Crippen LogP contribution in [-0.4, -0.2) is 20.5 Å². The molecule has 0 aliphatic rings. The Morgan fingerprint density at radius 2 is 1.80 bits per heavy atom. The highest BCUT2D eigenvalue weighted by Gasteiger charge is 2.13. The van der Waals surface area contributed by atoms with Crippen molar-refractivity contribution in [2.45, 2.75) is 39.2 Å². The molecule has 3 aromatic rings. The third kappa shape index (κ3) is 5.77. The monoisotopic (exact) mass is 444 g/mol. The van der Waals surface area contributed by atoms with Gasteiger partial charge in [-0.05, 0) is 53.6 Å². The third-order valence-electron chi connectivity index (χ3n) is 4.46. The first-order chi connectivity index (χ1) is 14.5. The van der Waals surface area contributed by atoms with E-state index in [9.17, 15) is 4.79 Å². The normalized spacial score (nSPS) is 11.0. The molecule has 30 heavy (non-hydrogen) atoms. The van der Waals surface area contributed by atoms with Crippen LogP contribution in [0.1, 0.15) is 37.9 Å². The summed E-state index contributed by atoms with van der Waals surface area (Å²) in [4.78, 5) is 13.0. The van der Waals surface area contributed by atoms with Crippen LogP contribution in [-0.2, 0) is 12.5 Å². The quantitative estimate of drug-likeness (QED) is 0.473. The molecule has 2 aromatic carbocycles. The number of ether oxygens (including phenoxy) is 1. The first-order valence-electron chi connectivity index (χ1n) is 9.77. The summed E-state index contributed by atoms with van der Waals surface area (Å²) in [7, 11) is 0. The van der Waals surface area contributed by atoms with E-state index in [1.54, 1.807) is 40.6 Å². The van der Waals surface area contributed by atoms with E-state index in [-0.39, 0.29) is 17.9 Å². The predicted octanol–water partition coefficient (Wildman–Crippen LogP) is 5.45. The molecule has 3 rings (SSSR count). The van der Waals surface area contributed by atoms with Gasteiger partial charge in [-0.3, -0.25) is 9.36 Å². The number of thioether (sulfide) groups is 1. The van der Waals surface area contributed by atoms with E-state index in [2.05, 4.69) is 41.5 Å². The van der Waals surface area contributed by atoms with Gasteiger partial charge in [-0.25, -0.2) is 0 Å². The van der Waals surface area contributed by atoms with Gasteiger partial charge in [0, 0.05) is 10.7 Å². The van der Waals surface area contributed by atoms with E-state index in [4.69, 9.17) is 16.3 Å². The van der Waals surface area contributed by atoms with Gasteiger partial charge in [-0.15, -0.1) is 22.0 Å². The summed E-state index contributed by atoms with van der Waals surface area (Å²) in [5.74, 6) is 2.84. The second-order valence-corrected chi connectivity index (χ2v) is 8.65. The van der Waals surface area contributed by atoms with Crippen LogP contribution in [0.3, 0.4) is 0 Å². The Hall–Kier alpha value is -2.51. The molecule has 0 amide bonds. The Balaban J connectivity index is 1.81.